The second-order valence-corrected chi connectivity index (χ2v) is 6.98. The Hall–Kier alpha value is -4.26. The molecular weight excluding hydrogens is 390 g/mol. The van der Waals surface area contributed by atoms with Crippen LogP contribution in [-0.4, -0.2) is 25.6 Å². The molecule has 0 aliphatic heterocycles. The van der Waals surface area contributed by atoms with Gasteiger partial charge >= 0.3 is 0 Å². The van der Waals surface area contributed by atoms with E-state index in [4.69, 9.17) is 9.47 Å². The van der Waals surface area contributed by atoms with E-state index in [-0.39, 0.29) is 0 Å². The van der Waals surface area contributed by atoms with E-state index in [0.29, 0.717) is 19.0 Å². The summed E-state index contributed by atoms with van der Waals surface area (Å²) in [5.41, 5.74) is 3.75. The van der Waals surface area contributed by atoms with E-state index >= 15 is 0 Å². The van der Waals surface area contributed by atoms with Gasteiger partial charge in [0, 0.05) is 10.9 Å². The number of para-hydroxylation sites is 1. The fourth-order valence-electron chi connectivity index (χ4n) is 3.22. The van der Waals surface area contributed by atoms with Gasteiger partial charge in [-0.2, -0.15) is 5.21 Å². The zero-order valence-electron chi connectivity index (χ0n) is 16.6. The molecule has 2 heterocycles. The molecule has 7 nitrogen and oxygen atoms in total. The average Bonchev–Trinajstić information content (AvgIpc) is 3.37. The summed E-state index contributed by atoms with van der Waals surface area (Å²) < 4.78 is 11.8. The minimum absolute atomic E-state index is 0.409. The van der Waals surface area contributed by atoms with Crippen molar-refractivity contribution in [3.8, 4) is 22.9 Å². The predicted octanol–water partition coefficient (Wildman–Crippen LogP) is 4.57. The Kier molecular flexibility index (Phi) is 5.22. The van der Waals surface area contributed by atoms with Crippen LogP contribution < -0.4 is 9.47 Å². The van der Waals surface area contributed by atoms with Crippen LogP contribution >= 0.6 is 0 Å². The van der Waals surface area contributed by atoms with Crippen LogP contribution in [0.25, 0.3) is 22.3 Å². The quantitative estimate of drug-likeness (QED) is 0.424. The van der Waals surface area contributed by atoms with Crippen molar-refractivity contribution in [3.05, 3.63) is 96.2 Å². The summed E-state index contributed by atoms with van der Waals surface area (Å²) in [6, 6.07) is 27.6. The van der Waals surface area contributed by atoms with Crippen molar-refractivity contribution in [3.63, 3.8) is 0 Å². The van der Waals surface area contributed by atoms with Crippen LogP contribution in [0.15, 0.2) is 84.9 Å². The molecule has 152 valence electrons. The van der Waals surface area contributed by atoms with Crippen molar-refractivity contribution in [1.82, 2.24) is 25.6 Å². The highest BCUT2D eigenvalue weighted by molar-refractivity contribution is 5.78. The molecule has 7 heteroatoms. The van der Waals surface area contributed by atoms with Crippen LogP contribution in [-0.2, 0) is 13.2 Å². The number of fused-ring (bicyclic) bond motifs is 1. The van der Waals surface area contributed by atoms with Crippen molar-refractivity contribution >= 4 is 10.9 Å². The van der Waals surface area contributed by atoms with Crippen molar-refractivity contribution in [1.29, 1.82) is 0 Å². The van der Waals surface area contributed by atoms with Gasteiger partial charge in [-0.25, -0.2) is 4.98 Å². The number of pyridine rings is 1. The number of rotatable bonds is 7. The molecule has 0 unspecified atom stereocenters. The van der Waals surface area contributed by atoms with Crippen LogP contribution in [0, 0.1) is 0 Å². The molecule has 0 saturated carbocycles. The zero-order chi connectivity index (χ0) is 20.9. The summed E-state index contributed by atoms with van der Waals surface area (Å²) >= 11 is 0. The van der Waals surface area contributed by atoms with E-state index in [1.807, 2.05) is 72.8 Å². The van der Waals surface area contributed by atoms with Crippen molar-refractivity contribution < 1.29 is 9.47 Å². The van der Waals surface area contributed by atoms with Gasteiger partial charge in [-0.15, -0.1) is 10.2 Å². The molecule has 1 N–H and O–H groups in total. The highest BCUT2D eigenvalue weighted by Crippen LogP contribution is 2.21. The third-order valence-electron chi connectivity index (χ3n) is 4.80. The standard InChI is InChI=1S/C24H19N5O2/c1-2-7-23-18(5-1)8-11-20(25-23)16-31-22-6-3-4-17(14-22)15-30-21-12-9-19(10-13-21)24-26-28-29-27-24/h1-14H,15-16H2,(H,26,27,28,29). The molecular formula is C24H19N5O2. The van der Waals surface area contributed by atoms with E-state index < -0.39 is 0 Å². The maximum atomic E-state index is 5.95. The maximum absolute atomic E-state index is 5.95. The highest BCUT2D eigenvalue weighted by atomic mass is 16.5. The van der Waals surface area contributed by atoms with Gasteiger partial charge in [-0.3, -0.25) is 0 Å². The Morgan fingerprint density at radius 3 is 2.48 bits per heavy atom. The van der Waals surface area contributed by atoms with E-state index in [2.05, 4.69) is 37.7 Å². The SMILES string of the molecule is c1cc(COc2ccc(-c3nn[nH]n3)cc2)cc(OCc2ccc3ccccc3n2)c1. The van der Waals surface area contributed by atoms with Gasteiger partial charge in [0.05, 0.1) is 11.2 Å². The third-order valence-corrected chi connectivity index (χ3v) is 4.80. The molecule has 0 aliphatic rings. The summed E-state index contributed by atoms with van der Waals surface area (Å²) in [5.74, 6) is 2.10. The van der Waals surface area contributed by atoms with Crippen molar-refractivity contribution in [2.45, 2.75) is 13.2 Å². The first-order chi connectivity index (χ1) is 15.3. The van der Waals surface area contributed by atoms with Gasteiger partial charge in [0.25, 0.3) is 0 Å². The van der Waals surface area contributed by atoms with Gasteiger partial charge in [-0.05, 0) is 59.3 Å². The van der Waals surface area contributed by atoms with E-state index in [0.717, 1.165) is 39.2 Å². The minimum atomic E-state index is 0.409. The average molecular weight is 409 g/mol. The number of nitrogens with zero attached hydrogens (tertiary/aromatic N) is 4. The molecule has 0 fully saturated rings. The molecule has 5 aromatic rings. The number of nitrogens with one attached hydrogen (secondary N) is 1. The molecule has 0 amide bonds. The van der Waals surface area contributed by atoms with Gasteiger partial charge in [0.15, 0.2) is 0 Å². The van der Waals surface area contributed by atoms with Crippen LogP contribution in [0.4, 0.5) is 0 Å². The monoisotopic (exact) mass is 409 g/mol. The van der Waals surface area contributed by atoms with Crippen LogP contribution in [0.5, 0.6) is 11.5 Å². The lowest BCUT2D eigenvalue weighted by Crippen LogP contribution is -2.00. The molecule has 0 saturated heterocycles. The van der Waals surface area contributed by atoms with Crippen molar-refractivity contribution in [2.75, 3.05) is 0 Å². The summed E-state index contributed by atoms with van der Waals surface area (Å²) in [6.07, 6.45) is 0. The lowest BCUT2D eigenvalue weighted by molar-refractivity contribution is 0.293. The second kappa shape index (κ2) is 8.62. The van der Waals surface area contributed by atoms with Crippen LogP contribution in [0.2, 0.25) is 0 Å². The Labute approximate surface area is 178 Å². The van der Waals surface area contributed by atoms with Gasteiger partial charge < -0.3 is 9.47 Å². The van der Waals surface area contributed by atoms with E-state index in [1.165, 1.54) is 0 Å². The third kappa shape index (κ3) is 4.51. The molecule has 0 atom stereocenters. The van der Waals surface area contributed by atoms with Gasteiger partial charge in [0.1, 0.15) is 24.7 Å². The summed E-state index contributed by atoms with van der Waals surface area (Å²) in [7, 11) is 0. The van der Waals surface area contributed by atoms with Crippen LogP contribution in [0.1, 0.15) is 11.3 Å². The smallest absolute Gasteiger partial charge is 0.204 e. The predicted molar refractivity (Wildman–Crippen MR) is 116 cm³/mol. The molecule has 3 aromatic carbocycles. The maximum Gasteiger partial charge on any atom is 0.204 e. The molecule has 31 heavy (non-hydrogen) atoms. The molecule has 0 bridgehead atoms. The van der Waals surface area contributed by atoms with Crippen LogP contribution in [0.3, 0.4) is 0 Å². The fourth-order valence-corrected chi connectivity index (χ4v) is 3.22. The second-order valence-electron chi connectivity index (χ2n) is 6.98. The zero-order valence-corrected chi connectivity index (χ0v) is 16.6. The molecule has 0 spiro atoms. The summed E-state index contributed by atoms with van der Waals surface area (Å²) in [6.45, 7) is 0.847. The topological polar surface area (TPSA) is 85.8 Å². The first-order valence-corrected chi connectivity index (χ1v) is 9.87. The number of H-pyrrole nitrogens is 1. The fraction of sp³-hybridized carbons (Fsp3) is 0.0833. The first kappa shape index (κ1) is 18.7. The highest BCUT2D eigenvalue weighted by Gasteiger charge is 2.04. The number of aromatic amines is 1. The van der Waals surface area contributed by atoms with Gasteiger partial charge in [0.2, 0.25) is 5.82 Å². The lowest BCUT2D eigenvalue weighted by Gasteiger charge is -2.10. The number of tetrazole rings is 1. The summed E-state index contributed by atoms with van der Waals surface area (Å²) in [5, 5.41) is 15.1. The Morgan fingerprint density at radius 2 is 1.61 bits per heavy atom. The molecule has 0 radical (unpaired) electrons. The Morgan fingerprint density at radius 1 is 0.742 bits per heavy atom. The lowest BCUT2D eigenvalue weighted by atomic mass is 10.2. The number of benzene rings is 3. The molecule has 0 aliphatic carbocycles. The minimum Gasteiger partial charge on any atom is -0.489 e. The van der Waals surface area contributed by atoms with Gasteiger partial charge in [-0.1, -0.05) is 36.4 Å². The largest absolute Gasteiger partial charge is 0.489 e. The Balaban J connectivity index is 1.19. The van der Waals surface area contributed by atoms with E-state index in [1.54, 1.807) is 0 Å². The normalized spacial score (nSPS) is 10.8. The first-order valence-electron chi connectivity index (χ1n) is 9.87. The summed E-state index contributed by atoms with van der Waals surface area (Å²) in [4.78, 5) is 4.65. The number of aromatic nitrogens is 5. The Bertz CT molecular complexity index is 1290. The van der Waals surface area contributed by atoms with Crippen molar-refractivity contribution in [2.24, 2.45) is 0 Å². The molecule has 2 aromatic heterocycles. The number of hydrogen-bond donors (Lipinski definition) is 1. The number of hydrogen-bond acceptors (Lipinski definition) is 6. The molecule has 5 rings (SSSR count). The van der Waals surface area contributed by atoms with E-state index in [9.17, 15) is 0 Å². The number of ether oxygens (including phenoxy) is 2.